The van der Waals surface area contributed by atoms with Crippen molar-refractivity contribution < 1.29 is 18.3 Å². The van der Waals surface area contributed by atoms with Gasteiger partial charge in [-0.05, 0) is 36.2 Å². The Morgan fingerprint density at radius 1 is 1.00 bits per heavy atom. The average Bonchev–Trinajstić information content (AvgIpc) is 2.70. The second-order valence-electron chi connectivity index (χ2n) is 5.78. The molecule has 28 heavy (non-hydrogen) atoms. The van der Waals surface area contributed by atoms with Crippen LogP contribution < -0.4 is 20.1 Å². The third-order valence-electron chi connectivity index (χ3n) is 3.90. The Kier molecular flexibility index (Phi) is 6.15. The van der Waals surface area contributed by atoms with Crippen molar-refractivity contribution in [3.05, 3.63) is 59.8 Å². The molecule has 1 aromatic heterocycles. The molecule has 0 spiro atoms. The van der Waals surface area contributed by atoms with E-state index in [2.05, 4.69) is 25.8 Å². The standard InChI is InChI=1S/C19H19F2N5O2/c1-27-16-6-3-12(9-17(16)28-2)7-8-22-18-11-23-26-19(25-18)24-15-5-4-13(20)10-14(15)21/h3-6,9-11H,7-8H2,1-2H3,(H2,22,24,25,26). The highest BCUT2D eigenvalue weighted by molar-refractivity contribution is 5.54. The lowest BCUT2D eigenvalue weighted by atomic mass is 10.1. The lowest BCUT2D eigenvalue weighted by molar-refractivity contribution is 0.354. The first kappa shape index (κ1) is 19.3. The highest BCUT2D eigenvalue weighted by Gasteiger charge is 2.08. The van der Waals surface area contributed by atoms with E-state index in [0.29, 0.717) is 30.3 Å². The molecule has 146 valence electrons. The Labute approximate surface area is 160 Å². The van der Waals surface area contributed by atoms with E-state index in [9.17, 15) is 8.78 Å². The van der Waals surface area contributed by atoms with E-state index in [-0.39, 0.29) is 11.6 Å². The molecule has 0 fully saturated rings. The fourth-order valence-electron chi connectivity index (χ4n) is 2.52. The van der Waals surface area contributed by atoms with Crippen molar-refractivity contribution in [1.82, 2.24) is 15.2 Å². The normalized spacial score (nSPS) is 10.4. The Balaban J connectivity index is 1.60. The minimum absolute atomic E-state index is 0.0608. The summed E-state index contributed by atoms with van der Waals surface area (Å²) in [6.45, 7) is 0.582. The zero-order valence-corrected chi connectivity index (χ0v) is 15.4. The summed E-state index contributed by atoms with van der Waals surface area (Å²) in [7, 11) is 3.18. The molecule has 1 heterocycles. The first-order chi connectivity index (χ1) is 13.6. The van der Waals surface area contributed by atoms with Gasteiger partial charge in [0.15, 0.2) is 17.3 Å². The lowest BCUT2D eigenvalue weighted by Crippen LogP contribution is -2.09. The first-order valence-electron chi connectivity index (χ1n) is 8.45. The smallest absolute Gasteiger partial charge is 0.249 e. The molecule has 0 aliphatic heterocycles. The summed E-state index contributed by atoms with van der Waals surface area (Å²) in [4.78, 5) is 4.22. The highest BCUT2D eigenvalue weighted by atomic mass is 19.1. The van der Waals surface area contributed by atoms with E-state index in [0.717, 1.165) is 17.7 Å². The summed E-state index contributed by atoms with van der Waals surface area (Å²) in [5.41, 5.74) is 1.12. The zero-order valence-electron chi connectivity index (χ0n) is 15.4. The molecular weight excluding hydrogens is 368 g/mol. The molecule has 9 heteroatoms. The van der Waals surface area contributed by atoms with Gasteiger partial charge in [-0.3, -0.25) is 0 Å². The van der Waals surface area contributed by atoms with Gasteiger partial charge in [-0.1, -0.05) is 6.07 Å². The van der Waals surface area contributed by atoms with Crippen LogP contribution in [0, 0.1) is 11.6 Å². The van der Waals surface area contributed by atoms with E-state index < -0.39 is 11.6 Å². The number of anilines is 3. The minimum atomic E-state index is -0.740. The summed E-state index contributed by atoms with van der Waals surface area (Å²) < 4.78 is 37.2. The van der Waals surface area contributed by atoms with Crippen LogP contribution in [0.2, 0.25) is 0 Å². The zero-order chi connectivity index (χ0) is 19.9. The third-order valence-corrected chi connectivity index (χ3v) is 3.90. The van der Waals surface area contributed by atoms with Gasteiger partial charge in [0.05, 0.1) is 26.1 Å². The van der Waals surface area contributed by atoms with Crippen LogP contribution in [0.25, 0.3) is 0 Å². The minimum Gasteiger partial charge on any atom is -0.493 e. The number of aromatic nitrogens is 3. The summed E-state index contributed by atoms with van der Waals surface area (Å²) in [5.74, 6) is 0.504. The van der Waals surface area contributed by atoms with E-state index in [4.69, 9.17) is 9.47 Å². The van der Waals surface area contributed by atoms with Crippen LogP contribution in [-0.2, 0) is 6.42 Å². The van der Waals surface area contributed by atoms with Gasteiger partial charge in [-0.25, -0.2) is 8.78 Å². The molecule has 0 saturated carbocycles. The Morgan fingerprint density at radius 2 is 1.82 bits per heavy atom. The van der Waals surface area contributed by atoms with E-state index >= 15 is 0 Å². The van der Waals surface area contributed by atoms with Gasteiger partial charge in [-0.2, -0.15) is 10.1 Å². The van der Waals surface area contributed by atoms with Crippen molar-refractivity contribution in [2.24, 2.45) is 0 Å². The summed E-state index contributed by atoms with van der Waals surface area (Å²) in [6, 6.07) is 8.89. The molecule has 0 aliphatic rings. The predicted octanol–water partition coefficient (Wildman–Crippen LogP) is 3.57. The summed E-state index contributed by atoms with van der Waals surface area (Å²) >= 11 is 0. The molecule has 2 aromatic carbocycles. The van der Waals surface area contributed by atoms with Gasteiger partial charge >= 0.3 is 0 Å². The van der Waals surface area contributed by atoms with Gasteiger partial charge in [0, 0.05) is 12.6 Å². The van der Waals surface area contributed by atoms with Gasteiger partial charge < -0.3 is 20.1 Å². The molecule has 2 N–H and O–H groups in total. The van der Waals surface area contributed by atoms with Crippen molar-refractivity contribution in [2.75, 3.05) is 31.4 Å². The predicted molar refractivity (Wildman–Crippen MR) is 101 cm³/mol. The SMILES string of the molecule is COc1ccc(CCNc2cnnc(Nc3ccc(F)cc3F)n2)cc1OC. The molecular formula is C19H19F2N5O2. The van der Waals surface area contributed by atoms with Crippen LogP contribution in [0.5, 0.6) is 11.5 Å². The van der Waals surface area contributed by atoms with Crippen LogP contribution in [0.15, 0.2) is 42.6 Å². The molecule has 0 aliphatic carbocycles. The number of nitrogens with one attached hydrogen (secondary N) is 2. The van der Waals surface area contributed by atoms with Crippen LogP contribution in [-0.4, -0.2) is 35.9 Å². The number of hydrogen-bond donors (Lipinski definition) is 2. The highest BCUT2D eigenvalue weighted by Crippen LogP contribution is 2.27. The van der Waals surface area contributed by atoms with Crippen LogP contribution in [0.1, 0.15) is 5.56 Å². The van der Waals surface area contributed by atoms with Gasteiger partial charge in [0.1, 0.15) is 11.6 Å². The van der Waals surface area contributed by atoms with Gasteiger partial charge in [-0.15, -0.1) is 5.10 Å². The van der Waals surface area contributed by atoms with Crippen molar-refractivity contribution in [1.29, 1.82) is 0 Å². The average molecular weight is 387 g/mol. The van der Waals surface area contributed by atoms with Crippen molar-refractivity contribution >= 4 is 17.5 Å². The molecule has 0 unspecified atom stereocenters. The van der Waals surface area contributed by atoms with Crippen LogP contribution >= 0.6 is 0 Å². The molecule has 0 atom stereocenters. The fraction of sp³-hybridized carbons (Fsp3) is 0.211. The molecule has 3 rings (SSSR count). The maximum Gasteiger partial charge on any atom is 0.249 e. The Morgan fingerprint density at radius 3 is 2.57 bits per heavy atom. The number of ether oxygens (including phenoxy) is 2. The van der Waals surface area contributed by atoms with Crippen molar-refractivity contribution in [3.63, 3.8) is 0 Å². The molecule has 3 aromatic rings. The second kappa shape index (κ2) is 8.94. The molecule has 0 amide bonds. The summed E-state index contributed by atoms with van der Waals surface area (Å²) in [5, 5.41) is 13.4. The van der Waals surface area contributed by atoms with Crippen LogP contribution in [0.4, 0.5) is 26.2 Å². The number of rotatable bonds is 8. The number of methoxy groups -OCH3 is 2. The van der Waals surface area contributed by atoms with Gasteiger partial charge in [0.2, 0.25) is 5.95 Å². The first-order valence-corrected chi connectivity index (χ1v) is 8.45. The lowest BCUT2D eigenvalue weighted by Gasteiger charge is -2.10. The van der Waals surface area contributed by atoms with Crippen molar-refractivity contribution in [3.8, 4) is 11.5 Å². The third kappa shape index (κ3) is 4.81. The maximum atomic E-state index is 13.7. The topological polar surface area (TPSA) is 81.2 Å². The fourth-order valence-corrected chi connectivity index (χ4v) is 2.52. The largest absolute Gasteiger partial charge is 0.493 e. The Bertz CT molecular complexity index is 955. The Hall–Kier alpha value is -3.49. The number of halogens is 2. The quantitative estimate of drug-likeness (QED) is 0.612. The molecule has 0 saturated heterocycles. The van der Waals surface area contributed by atoms with Gasteiger partial charge in [0.25, 0.3) is 0 Å². The van der Waals surface area contributed by atoms with Crippen LogP contribution in [0.3, 0.4) is 0 Å². The monoisotopic (exact) mass is 387 g/mol. The molecule has 0 bridgehead atoms. The number of benzene rings is 2. The van der Waals surface area contributed by atoms with Crippen molar-refractivity contribution in [2.45, 2.75) is 6.42 Å². The van der Waals surface area contributed by atoms with E-state index in [1.54, 1.807) is 14.2 Å². The molecule has 0 radical (unpaired) electrons. The van der Waals surface area contributed by atoms with E-state index in [1.165, 1.54) is 12.3 Å². The number of nitrogens with zero attached hydrogens (tertiary/aromatic N) is 3. The molecule has 7 nitrogen and oxygen atoms in total. The summed E-state index contributed by atoms with van der Waals surface area (Å²) in [6.07, 6.45) is 2.17. The maximum absolute atomic E-state index is 13.7. The second-order valence-corrected chi connectivity index (χ2v) is 5.78. The number of hydrogen-bond acceptors (Lipinski definition) is 7. The van der Waals surface area contributed by atoms with E-state index in [1.807, 2.05) is 18.2 Å².